The predicted octanol–water partition coefficient (Wildman–Crippen LogP) is 3.21. The van der Waals surface area contributed by atoms with Gasteiger partial charge in [-0.1, -0.05) is 33.1 Å². The van der Waals surface area contributed by atoms with Crippen LogP contribution in [0.3, 0.4) is 0 Å². The molecule has 0 N–H and O–H groups in total. The van der Waals surface area contributed by atoms with E-state index in [1.165, 1.54) is 0 Å². The Labute approximate surface area is 164 Å². The second kappa shape index (κ2) is 13.4. The van der Waals surface area contributed by atoms with Crippen molar-refractivity contribution < 1.29 is 14.3 Å². The highest BCUT2D eigenvalue weighted by atomic mass is 16.5. The first-order chi connectivity index (χ1) is 13.0. The van der Waals surface area contributed by atoms with Crippen LogP contribution in [0.15, 0.2) is 18.3 Å². The Bertz CT molecular complexity index is 557. The van der Waals surface area contributed by atoms with Crippen LogP contribution in [-0.2, 0) is 27.9 Å². The minimum absolute atomic E-state index is 0.0244. The zero-order valence-corrected chi connectivity index (χ0v) is 17.6. The van der Waals surface area contributed by atoms with Gasteiger partial charge in [-0.05, 0) is 25.0 Å². The number of nitrogens with zero attached hydrogens (tertiary/aromatic N) is 3. The molecule has 6 heteroatoms. The Balaban J connectivity index is 2.69. The van der Waals surface area contributed by atoms with Crippen molar-refractivity contribution in [2.75, 3.05) is 33.4 Å². The molecule has 0 fully saturated rings. The van der Waals surface area contributed by atoms with Crippen molar-refractivity contribution in [3.63, 3.8) is 0 Å². The van der Waals surface area contributed by atoms with Gasteiger partial charge in [0.1, 0.15) is 0 Å². The number of aryl methyl sites for hydroxylation is 1. The van der Waals surface area contributed by atoms with Crippen LogP contribution >= 0.6 is 0 Å². The van der Waals surface area contributed by atoms with Gasteiger partial charge < -0.3 is 19.1 Å². The van der Waals surface area contributed by atoms with E-state index < -0.39 is 0 Å². The molecule has 0 spiro atoms. The molecule has 0 radical (unpaired) electrons. The van der Waals surface area contributed by atoms with Crippen LogP contribution in [0.25, 0.3) is 0 Å². The van der Waals surface area contributed by atoms with Gasteiger partial charge in [0.05, 0.1) is 19.7 Å². The van der Waals surface area contributed by atoms with Crippen LogP contribution in [0.1, 0.15) is 58.1 Å². The number of unbranched alkanes of at least 4 members (excludes halogenated alkanes) is 3. The Morgan fingerprint density at radius 3 is 2.41 bits per heavy atom. The molecule has 6 nitrogen and oxygen atoms in total. The number of hydrogen-bond donors (Lipinski definition) is 0. The number of carbonyl (C=O) groups is 2. The maximum atomic E-state index is 12.9. The maximum Gasteiger partial charge on any atom is 0.242 e. The maximum absolute atomic E-state index is 12.9. The van der Waals surface area contributed by atoms with Gasteiger partial charge in [-0.15, -0.1) is 0 Å². The van der Waals surface area contributed by atoms with E-state index >= 15 is 0 Å². The van der Waals surface area contributed by atoms with Crippen molar-refractivity contribution in [3.05, 3.63) is 24.0 Å². The first-order valence-corrected chi connectivity index (χ1v) is 10.2. The lowest BCUT2D eigenvalue weighted by Gasteiger charge is -2.27. The van der Waals surface area contributed by atoms with Gasteiger partial charge in [-0.25, -0.2) is 0 Å². The molecular formula is C21H37N3O3. The normalized spacial score (nSPS) is 10.8. The average Bonchev–Trinajstić information content (AvgIpc) is 3.06. The van der Waals surface area contributed by atoms with Crippen molar-refractivity contribution in [1.29, 1.82) is 0 Å². The lowest BCUT2D eigenvalue weighted by atomic mass is 10.1. The second-order valence-corrected chi connectivity index (χ2v) is 7.04. The summed E-state index contributed by atoms with van der Waals surface area (Å²) in [5.74, 6) is 0.0652. The molecule has 1 rings (SSSR count). The summed E-state index contributed by atoms with van der Waals surface area (Å²) in [6, 6.07) is 3.98. The zero-order chi connectivity index (χ0) is 20.1. The molecule has 1 aromatic rings. The summed E-state index contributed by atoms with van der Waals surface area (Å²) in [5, 5.41) is 0. The van der Waals surface area contributed by atoms with Gasteiger partial charge in [0.15, 0.2) is 0 Å². The van der Waals surface area contributed by atoms with E-state index in [0.29, 0.717) is 32.7 Å². The van der Waals surface area contributed by atoms with E-state index in [4.69, 9.17) is 4.74 Å². The van der Waals surface area contributed by atoms with Gasteiger partial charge in [0.25, 0.3) is 0 Å². The summed E-state index contributed by atoms with van der Waals surface area (Å²) in [6.45, 7) is 6.49. The fourth-order valence-corrected chi connectivity index (χ4v) is 3.04. The largest absolute Gasteiger partial charge is 0.383 e. The Hall–Kier alpha value is -1.82. The third-order valence-electron chi connectivity index (χ3n) is 4.74. The minimum atomic E-state index is -0.0244. The summed E-state index contributed by atoms with van der Waals surface area (Å²) in [7, 11) is 3.60. The Morgan fingerprint density at radius 2 is 1.81 bits per heavy atom. The number of hydrogen-bond acceptors (Lipinski definition) is 3. The quantitative estimate of drug-likeness (QED) is 0.467. The topological polar surface area (TPSA) is 54.8 Å². The molecule has 0 aromatic carbocycles. The van der Waals surface area contributed by atoms with E-state index in [9.17, 15) is 9.59 Å². The lowest BCUT2D eigenvalue weighted by molar-refractivity contribution is -0.141. The fourth-order valence-electron chi connectivity index (χ4n) is 3.04. The SMILES string of the molecule is CCCCCCC(=O)N(CCC)CC(=O)N(CCOC)Cc1cccn1C. The molecule has 0 aliphatic carbocycles. The number of amides is 2. The molecule has 0 unspecified atom stereocenters. The van der Waals surface area contributed by atoms with Crippen LogP contribution in [0.4, 0.5) is 0 Å². The van der Waals surface area contributed by atoms with E-state index in [2.05, 4.69) is 6.92 Å². The summed E-state index contributed by atoms with van der Waals surface area (Å²) < 4.78 is 7.18. The van der Waals surface area contributed by atoms with Crippen molar-refractivity contribution >= 4 is 11.8 Å². The standard InChI is InChI=1S/C21H37N3O3/c1-5-7-8-9-12-20(25)23(13-6-2)18-21(26)24(15-16-27-4)17-19-11-10-14-22(19)3/h10-11,14H,5-9,12-13,15-18H2,1-4H3. The summed E-state index contributed by atoms with van der Waals surface area (Å²) in [5.41, 5.74) is 1.06. The zero-order valence-electron chi connectivity index (χ0n) is 17.6. The minimum Gasteiger partial charge on any atom is -0.383 e. The number of aromatic nitrogens is 1. The molecule has 0 aliphatic rings. The van der Waals surface area contributed by atoms with Crippen molar-refractivity contribution in [3.8, 4) is 0 Å². The Kier molecular flexibility index (Phi) is 11.5. The van der Waals surface area contributed by atoms with Crippen LogP contribution in [0, 0.1) is 0 Å². The lowest BCUT2D eigenvalue weighted by Crippen LogP contribution is -2.44. The smallest absolute Gasteiger partial charge is 0.242 e. The van der Waals surface area contributed by atoms with Gasteiger partial charge in [-0.2, -0.15) is 0 Å². The molecule has 0 saturated heterocycles. The van der Waals surface area contributed by atoms with E-state index in [-0.39, 0.29) is 18.4 Å². The third-order valence-corrected chi connectivity index (χ3v) is 4.74. The molecule has 0 atom stereocenters. The summed E-state index contributed by atoms with van der Waals surface area (Å²) in [6.07, 6.45) is 7.63. The van der Waals surface area contributed by atoms with Crippen LogP contribution < -0.4 is 0 Å². The second-order valence-electron chi connectivity index (χ2n) is 7.04. The average molecular weight is 380 g/mol. The first kappa shape index (κ1) is 23.2. The fraction of sp³-hybridized carbons (Fsp3) is 0.714. The highest BCUT2D eigenvalue weighted by Crippen LogP contribution is 2.09. The van der Waals surface area contributed by atoms with Crippen molar-refractivity contribution in [1.82, 2.24) is 14.4 Å². The van der Waals surface area contributed by atoms with Crippen molar-refractivity contribution in [2.24, 2.45) is 7.05 Å². The number of carbonyl (C=O) groups excluding carboxylic acids is 2. The molecule has 1 heterocycles. The highest BCUT2D eigenvalue weighted by molar-refractivity contribution is 5.84. The van der Waals surface area contributed by atoms with E-state index in [0.717, 1.165) is 37.8 Å². The molecule has 0 bridgehead atoms. The number of rotatable bonds is 14. The van der Waals surface area contributed by atoms with Gasteiger partial charge in [-0.3, -0.25) is 9.59 Å². The molecular weight excluding hydrogens is 342 g/mol. The van der Waals surface area contributed by atoms with Gasteiger partial charge in [0, 0.05) is 45.6 Å². The van der Waals surface area contributed by atoms with E-state index in [1.807, 2.05) is 36.9 Å². The van der Waals surface area contributed by atoms with Crippen LogP contribution in [0.5, 0.6) is 0 Å². The summed E-state index contributed by atoms with van der Waals surface area (Å²) >= 11 is 0. The molecule has 154 valence electrons. The number of ether oxygens (including phenoxy) is 1. The van der Waals surface area contributed by atoms with Crippen LogP contribution in [0.2, 0.25) is 0 Å². The molecule has 1 aromatic heterocycles. The van der Waals surface area contributed by atoms with Gasteiger partial charge in [0.2, 0.25) is 11.8 Å². The van der Waals surface area contributed by atoms with Crippen LogP contribution in [-0.4, -0.2) is 59.5 Å². The number of methoxy groups -OCH3 is 1. The third kappa shape index (κ3) is 8.61. The molecule has 27 heavy (non-hydrogen) atoms. The molecule has 2 amide bonds. The Morgan fingerprint density at radius 1 is 1.04 bits per heavy atom. The molecule has 0 aliphatic heterocycles. The predicted molar refractivity (Wildman–Crippen MR) is 108 cm³/mol. The van der Waals surface area contributed by atoms with Gasteiger partial charge >= 0.3 is 0 Å². The van der Waals surface area contributed by atoms with Crippen molar-refractivity contribution in [2.45, 2.75) is 58.9 Å². The monoisotopic (exact) mass is 379 g/mol. The first-order valence-electron chi connectivity index (χ1n) is 10.2. The van der Waals surface area contributed by atoms with E-state index in [1.54, 1.807) is 16.9 Å². The summed E-state index contributed by atoms with van der Waals surface area (Å²) in [4.78, 5) is 29.0. The molecule has 0 saturated carbocycles. The highest BCUT2D eigenvalue weighted by Gasteiger charge is 2.21.